The maximum Gasteiger partial charge on any atom is 0.247 e. The molecule has 208 valence electrons. The zero-order chi connectivity index (χ0) is 29.1. The second-order valence-corrected chi connectivity index (χ2v) is 9.26. The molecule has 3 aromatic heterocycles. The third kappa shape index (κ3) is 7.11. The Hall–Kier alpha value is -6.22. The summed E-state index contributed by atoms with van der Waals surface area (Å²) in [5, 5.41) is 12.8. The minimum atomic E-state index is 0.266. The molecule has 0 saturated carbocycles. The lowest BCUT2D eigenvalue weighted by Crippen LogP contribution is -2.11. The molecule has 3 N–H and O–H groups in total. The van der Waals surface area contributed by atoms with Gasteiger partial charge in [-0.2, -0.15) is 20.2 Å². The van der Waals surface area contributed by atoms with Gasteiger partial charge in [0, 0.05) is 35.3 Å². The summed E-state index contributed by atoms with van der Waals surface area (Å²) in [5.41, 5.74) is 11.6. The van der Waals surface area contributed by atoms with Crippen LogP contribution in [0.2, 0.25) is 0 Å². The highest BCUT2D eigenvalue weighted by atomic mass is 15.4. The van der Waals surface area contributed by atoms with Gasteiger partial charge in [0.05, 0.1) is 11.4 Å². The lowest BCUT2D eigenvalue weighted by molar-refractivity contribution is 1.10. The Kier molecular flexibility index (Phi) is 8.42. The van der Waals surface area contributed by atoms with E-state index < -0.39 is 0 Å². The van der Waals surface area contributed by atoms with Crippen LogP contribution in [-0.2, 0) is 0 Å². The van der Waals surface area contributed by atoms with Crippen LogP contribution >= 0.6 is 0 Å². The maximum atomic E-state index is 4.73. The Morgan fingerprint density at radius 3 is 1.51 bits per heavy atom. The van der Waals surface area contributed by atoms with Crippen molar-refractivity contribution >= 4 is 34.7 Å². The molecular formula is C34H27N9. The van der Waals surface area contributed by atoms with Gasteiger partial charge in [0.15, 0.2) is 5.82 Å². The Labute approximate surface area is 249 Å². The molecule has 0 unspecified atom stereocenters. The van der Waals surface area contributed by atoms with E-state index in [9.17, 15) is 0 Å². The Balaban J connectivity index is 1.37. The van der Waals surface area contributed by atoms with Gasteiger partial charge in [-0.05, 0) is 36.4 Å². The van der Waals surface area contributed by atoms with Crippen molar-refractivity contribution in [1.29, 1.82) is 0 Å². The molecule has 0 saturated heterocycles. The monoisotopic (exact) mass is 561 g/mol. The van der Waals surface area contributed by atoms with E-state index in [1.165, 1.54) is 0 Å². The van der Waals surface area contributed by atoms with Crippen molar-refractivity contribution in [2.45, 2.75) is 0 Å². The number of rotatable bonds is 10. The van der Waals surface area contributed by atoms with Gasteiger partial charge >= 0.3 is 0 Å². The highest BCUT2D eigenvalue weighted by Gasteiger charge is 2.12. The molecule has 6 rings (SSSR count). The van der Waals surface area contributed by atoms with Gasteiger partial charge < -0.3 is 5.32 Å². The fourth-order valence-electron chi connectivity index (χ4n) is 4.24. The van der Waals surface area contributed by atoms with Gasteiger partial charge in [0.25, 0.3) is 0 Å². The molecule has 6 aromatic rings. The van der Waals surface area contributed by atoms with Crippen LogP contribution in [0.5, 0.6) is 0 Å². The van der Waals surface area contributed by atoms with Crippen molar-refractivity contribution in [3.05, 3.63) is 168 Å². The van der Waals surface area contributed by atoms with Crippen molar-refractivity contribution in [3.63, 3.8) is 0 Å². The summed E-state index contributed by atoms with van der Waals surface area (Å²) in [6.07, 6.45) is 3.48. The molecule has 3 heterocycles. The topological polar surface area (TPSA) is 112 Å². The predicted molar refractivity (Wildman–Crippen MR) is 172 cm³/mol. The highest BCUT2D eigenvalue weighted by Crippen LogP contribution is 2.20. The van der Waals surface area contributed by atoms with Crippen molar-refractivity contribution in [2.75, 3.05) is 16.2 Å². The summed E-state index contributed by atoms with van der Waals surface area (Å²) < 4.78 is 0. The number of para-hydroxylation sites is 1. The lowest BCUT2D eigenvalue weighted by atomic mass is 10.1. The quantitative estimate of drug-likeness (QED) is 0.125. The fraction of sp³-hybridized carbons (Fsp3) is 0. The zero-order valence-electron chi connectivity index (χ0n) is 23.0. The van der Waals surface area contributed by atoms with E-state index in [2.05, 4.69) is 36.1 Å². The van der Waals surface area contributed by atoms with Crippen molar-refractivity contribution in [3.8, 4) is 0 Å². The SMILES string of the molecule is c1ccc(Nc2cc(NN=C(c3ccccc3)c3ccccn3)nc(NN=C(c3ccccc3)c3ccccn3)n2)cc1. The first-order chi connectivity index (χ1) is 21.3. The first-order valence-electron chi connectivity index (χ1n) is 13.6. The summed E-state index contributed by atoms with van der Waals surface area (Å²) in [6, 6.07) is 42.7. The van der Waals surface area contributed by atoms with Gasteiger partial charge in [-0.15, -0.1) is 0 Å². The normalized spacial score (nSPS) is 11.5. The first-order valence-corrected chi connectivity index (χ1v) is 13.6. The molecule has 0 bridgehead atoms. The maximum absolute atomic E-state index is 4.73. The third-order valence-corrected chi connectivity index (χ3v) is 6.23. The van der Waals surface area contributed by atoms with Crippen LogP contribution < -0.4 is 16.2 Å². The second-order valence-electron chi connectivity index (χ2n) is 9.26. The molecular weight excluding hydrogens is 534 g/mol. The van der Waals surface area contributed by atoms with E-state index in [1.807, 2.05) is 127 Å². The van der Waals surface area contributed by atoms with Crippen LogP contribution in [0.25, 0.3) is 0 Å². The highest BCUT2D eigenvalue weighted by molar-refractivity contribution is 6.12. The average molecular weight is 562 g/mol. The van der Waals surface area contributed by atoms with Crippen molar-refractivity contribution < 1.29 is 0 Å². The van der Waals surface area contributed by atoms with E-state index in [0.29, 0.717) is 28.8 Å². The van der Waals surface area contributed by atoms with Gasteiger partial charge in [-0.3, -0.25) is 15.4 Å². The summed E-state index contributed by atoms with van der Waals surface area (Å²) in [4.78, 5) is 18.4. The Morgan fingerprint density at radius 2 is 0.977 bits per heavy atom. The van der Waals surface area contributed by atoms with E-state index >= 15 is 0 Å². The lowest BCUT2D eigenvalue weighted by Gasteiger charge is -2.12. The Morgan fingerprint density at radius 1 is 0.488 bits per heavy atom. The smallest absolute Gasteiger partial charge is 0.247 e. The van der Waals surface area contributed by atoms with Crippen molar-refractivity contribution in [2.24, 2.45) is 10.2 Å². The third-order valence-electron chi connectivity index (χ3n) is 6.23. The van der Waals surface area contributed by atoms with Crippen LogP contribution in [0, 0.1) is 0 Å². The number of pyridine rings is 2. The van der Waals surface area contributed by atoms with Crippen LogP contribution in [-0.4, -0.2) is 31.4 Å². The van der Waals surface area contributed by atoms with Crippen LogP contribution in [0.4, 0.5) is 23.3 Å². The molecule has 0 amide bonds. The molecule has 43 heavy (non-hydrogen) atoms. The summed E-state index contributed by atoms with van der Waals surface area (Å²) in [7, 11) is 0. The molecule has 0 aliphatic rings. The number of hydrogen-bond donors (Lipinski definition) is 3. The molecule has 0 atom stereocenters. The summed E-state index contributed by atoms with van der Waals surface area (Å²) >= 11 is 0. The van der Waals surface area contributed by atoms with E-state index in [0.717, 1.165) is 22.5 Å². The van der Waals surface area contributed by atoms with Gasteiger partial charge in [0.1, 0.15) is 17.2 Å². The Bertz CT molecular complexity index is 1620. The standard InChI is InChI=1S/C34H27N9/c1-4-14-25(15-5-1)32(28-20-10-12-22-35-28)41-40-31-24-30(37-27-18-8-3-9-19-27)38-34(39-31)43-42-33(26-16-6-2-7-17-26)29-21-11-13-23-36-29/h1-24H,(H3,37,38,39,40,43). The van der Waals surface area contributed by atoms with Crippen LogP contribution in [0.3, 0.4) is 0 Å². The molecule has 0 fully saturated rings. The molecule has 9 heteroatoms. The second kappa shape index (κ2) is 13.4. The molecule has 0 radical (unpaired) electrons. The largest absolute Gasteiger partial charge is 0.340 e. The number of anilines is 4. The van der Waals surface area contributed by atoms with E-state index in [-0.39, 0.29) is 5.95 Å². The van der Waals surface area contributed by atoms with E-state index in [1.54, 1.807) is 18.5 Å². The molecule has 3 aromatic carbocycles. The van der Waals surface area contributed by atoms with Gasteiger partial charge in [-0.1, -0.05) is 91.0 Å². The number of aromatic nitrogens is 4. The molecule has 0 aliphatic carbocycles. The van der Waals surface area contributed by atoms with Gasteiger partial charge in [0.2, 0.25) is 5.95 Å². The number of hydrazone groups is 2. The van der Waals surface area contributed by atoms with Crippen LogP contribution in [0.1, 0.15) is 22.5 Å². The number of benzene rings is 3. The number of hydrogen-bond acceptors (Lipinski definition) is 9. The van der Waals surface area contributed by atoms with Crippen molar-refractivity contribution in [1.82, 2.24) is 19.9 Å². The molecule has 0 spiro atoms. The minimum absolute atomic E-state index is 0.266. The molecule has 9 nitrogen and oxygen atoms in total. The first kappa shape index (κ1) is 27.0. The number of nitrogens with zero attached hydrogens (tertiary/aromatic N) is 6. The van der Waals surface area contributed by atoms with E-state index in [4.69, 9.17) is 10.2 Å². The average Bonchev–Trinajstić information content (AvgIpc) is 3.07. The fourth-order valence-corrected chi connectivity index (χ4v) is 4.24. The molecule has 0 aliphatic heterocycles. The minimum Gasteiger partial charge on any atom is -0.340 e. The summed E-state index contributed by atoms with van der Waals surface area (Å²) in [6.45, 7) is 0. The van der Waals surface area contributed by atoms with Gasteiger partial charge in [-0.25, -0.2) is 5.43 Å². The predicted octanol–water partition coefficient (Wildman–Crippen LogP) is 6.74. The zero-order valence-corrected chi connectivity index (χ0v) is 23.0. The van der Waals surface area contributed by atoms with Crippen LogP contribution in [0.15, 0.2) is 156 Å². The number of nitrogens with one attached hydrogen (secondary N) is 3. The summed E-state index contributed by atoms with van der Waals surface area (Å²) in [5.74, 6) is 1.27.